The molecule has 4 rings (SSSR count). The second-order valence-electron chi connectivity index (χ2n) is 8.51. The van der Waals surface area contributed by atoms with Crippen molar-refractivity contribution in [2.24, 2.45) is 0 Å². The van der Waals surface area contributed by atoms with Gasteiger partial charge in [0.15, 0.2) is 0 Å². The number of alkyl halides is 3. The average Bonchev–Trinajstić information content (AvgIpc) is 2.81. The Morgan fingerprint density at radius 2 is 1.77 bits per heavy atom. The number of rotatable bonds is 4. The van der Waals surface area contributed by atoms with Crippen LogP contribution in [0, 0.1) is 0 Å². The van der Waals surface area contributed by atoms with Crippen LogP contribution in [-0.4, -0.2) is 67.6 Å². The van der Waals surface area contributed by atoms with E-state index in [9.17, 15) is 22.8 Å². The van der Waals surface area contributed by atoms with E-state index in [0.717, 1.165) is 11.1 Å². The Kier molecular flexibility index (Phi) is 9.97. The van der Waals surface area contributed by atoms with Gasteiger partial charge in [-0.2, -0.15) is 13.2 Å². The van der Waals surface area contributed by atoms with Crippen molar-refractivity contribution in [3.05, 3.63) is 65.2 Å². The quantitative estimate of drug-likeness (QED) is 0.653. The van der Waals surface area contributed by atoms with Crippen molar-refractivity contribution in [3.8, 4) is 0 Å². The van der Waals surface area contributed by atoms with E-state index in [1.165, 1.54) is 6.07 Å². The number of hydrogen-bond donors (Lipinski definition) is 1. The van der Waals surface area contributed by atoms with E-state index in [0.29, 0.717) is 49.6 Å². The number of nitrogens with one attached hydrogen (secondary N) is 1. The molecule has 0 aliphatic carbocycles. The summed E-state index contributed by atoms with van der Waals surface area (Å²) in [5, 5.41) is 3.18. The van der Waals surface area contributed by atoms with Crippen LogP contribution in [0.25, 0.3) is 0 Å². The van der Waals surface area contributed by atoms with Crippen LogP contribution in [0.2, 0.25) is 0 Å². The highest BCUT2D eigenvalue weighted by molar-refractivity contribution is 6.02. The van der Waals surface area contributed by atoms with Crippen LogP contribution in [0.5, 0.6) is 0 Å². The van der Waals surface area contributed by atoms with Crippen molar-refractivity contribution in [2.45, 2.75) is 25.2 Å². The van der Waals surface area contributed by atoms with Gasteiger partial charge in [0.05, 0.1) is 6.04 Å². The lowest BCUT2D eigenvalue weighted by molar-refractivity contribution is -0.170. The molecule has 1 N–H and O–H groups in total. The molecular weight excluding hydrogens is 504 g/mol. The van der Waals surface area contributed by atoms with Crippen molar-refractivity contribution in [3.63, 3.8) is 0 Å². The normalized spacial score (nSPS) is 18.1. The zero-order valence-electron chi connectivity index (χ0n) is 19.3. The Labute approximate surface area is 215 Å². The lowest BCUT2D eigenvalue weighted by atomic mass is 9.98. The highest BCUT2D eigenvalue weighted by atomic mass is 35.5. The SMILES string of the molecule is CN1CCN(C(=O)CN(C(=O)C(F)(F)F)c2cccc3c2CCNC3)C(c2ccccc2)C1.Cl.Cl. The fraction of sp³-hybridized carbons (Fsp3) is 0.417. The predicted molar refractivity (Wildman–Crippen MR) is 133 cm³/mol. The summed E-state index contributed by atoms with van der Waals surface area (Å²) in [7, 11) is 1.95. The van der Waals surface area contributed by atoms with Gasteiger partial charge in [-0.3, -0.25) is 14.5 Å². The van der Waals surface area contributed by atoms with Crippen LogP contribution < -0.4 is 10.2 Å². The monoisotopic (exact) mass is 532 g/mol. The summed E-state index contributed by atoms with van der Waals surface area (Å²) in [5.74, 6) is -2.52. The standard InChI is InChI=1S/C24H27F3N4O2.2ClH/c1-29-12-13-30(21(15-29)17-6-3-2-4-7-17)22(32)16-31(23(33)24(25,26)27)20-9-5-8-18-14-28-11-10-19(18)20;;/h2-9,21,28H,10-16H2,1H3;2*1H. The number of hydrogen-bond acceptors (Lipinski definition) is 4. The first kappa shape index (κ1) is 28.9. The van der Waals surface area contributed by atoms with Gasteiger partial charge in [-0.25, -0.2) is 0 Å². The van der Waals surface area contributed by atoms with Crippen LogP contribution in [0.1, 0.15) is 22.7 Å². The molecule has 1 fully saturated rings. The van der Waals surface area contributed by atoms with Crippen molar-refractivity contribution in [2.75, 3.05) is 44.7 Å². The predicted octanol–water partition coefficient (Wildman–Crippen LogP) is 3.59. The molecule has 2 aliphatic heterocycles. The molecule has 192 valence electrons. The van der Waals surface area contributed by atoms with Gasteiger partial charge in [0.25, 0.3) is 0 Å². The third-order valence-electron chi connectivity index (χ3n) is 6.28. The molecule has 1 unspecified atom stereocenters. The molecule has 1 saturated heterocycles. The topological polar surface area (TPSA) is 55.9 Å². The van der Waals surface area contributed by atoms with Crippen molar-refractivity contribution >= 4 is 42.3 Å². The van der Waals surface area contributed by atoms with Crippen LogP contribution in [0.3, 0.4) is 0 Å². The molecule has 6 nitrogen and oxygen atoms in total. The minimum Gasteiger partial charge on any atom is -0.332 e. The minimum atomic E-state index is -5.09. The molecule has 2 aromatic rings. The molecule has 11 heteroatoms. The van der Waals surface area contributed by atoms with Gasteiger partial charge in [-0.15, -0.1) is 24.8 Å². The third-order valence-corrected chi connectivity index (χ3v) is 6.28. The maximum Gasteiger partial charge on any atom is 0.471 e. The summed E-state index contributed by atoms with van der Waals surface area (Å²) < 4.78 is 40.7. The van der Waals surface area contributed by atoms with Gasteiger partial charge in [0, 0.05) is 31.9 Å². The number of amides is 2. The Morgan fingerprint density at radius 3 is 2.46 bits per heavy atom. The van der Waals surface area contributed by atoms with Crippen LogP contribution in [0.4, 0.5) is 18.9 Å². The maximum atomic E-state index is 13.6. The molecule has 2 aromatic carbocycles. The summed E-state index contributed by atoms with van der Waals surface area (Å²) in [6.07, 6.45) is -4.60. The Balaban J connectivity index is 0.00000216. The fourth-order valence-electron chi connectivity index (χ4n) is 4.59. The average molecular weight is 533 g/mol. The van der Waals surface area contributed by atoms with E-state index in [1.54, 1.807) is 11.0 Å². The zero-order chi connectivity index (χ0) is 23.6. The van der Waals surface area contributed by atoms with Gasteiger partial charge < -0.3 is 15.1 Å². The first-order valence-corrected chi connectivity index (χ1v) is 11.0. The molecule has 2 aliphatic rings. The molecule has 0 saturated carbocycles. The van der Waals surface area contributed by atoms with E-state index in [4.69, 9.17) is 0 Å². The van der Waals surface area contributed by atoms with Gasteiger partial charge in [0.2, 0.25) is 5.91 Å². The summed E-state index contributed by atoms with van der Waals surface area (Å²) in [6, 6.07) is 14.1. The van der Waals surface area contributed by atoms with E-state index >= 15 is 0 Å². The van der Waals surface area contributed by atoms with Gasteiger partial charge in [-0.05, 0) is 42.8 Å². The minimum absolute atomic E-state index is 0. The lowest BCUT2D eigenvalue weighted by Gasteiger charge is -2.41. The van der Waals surface area contributed by atoms with Crippen molar-refractivity contribution in [1.82, 2.24) is 15.1 Å². The maximum absolute atomic E-state index is 13.6. The van der Waals surface area contributed by atoms with E-state index in [2.05, 4.69) is 10.2 Å². The molecule has 1 atom stereocenters. The molecule has 0 bridgehead atoms. The number of piperazine rings is 1. The Morgan fingerprint density at radius 1 is 1.06 bits per heavy atom. The summed E-state index contributed by atoms with van der Waals surface area (Å²) in [5.41, 5.74) is 2.59. The van der Waals surface area contributed by atoms with E-state index in [-0.39, 0.29) is 36.5 Å². The molecular formula is C24H29Cl2F3N4O2. The number of benzene rings is 2. The second-order valence-corrected chi connectivity index (χ2v) is 8.51. The number of carbonyl (C=O) groups is 2. The largest absolute Gasteiger partial charge is 0.471 e. The third kappa shape index (κ3) is 6.46. The van der Waals surface area contributed by atoms with Crippen LogP contribution in [-0.2, 0) is 22.6 Å². The molecule has 2 amide bonds. The first-order chi connectivity index (χ1) is 15.8. The summed E-state index contributed by atoms with van der Waals surface area (Å²) >= 11 is 0. The highest BCUT2D eigenvalue weighted by Gasteiger charge is 2.45. The number of anilines is 1. The number of carbonyl (C=O) groups excluding carboxylic acids is 2. The van der Waals surface area contributed by atoms with E-state index < -0.39 is 24.5 Å². The number of nitrogens with zero attached hydrogens (tertiary/aromatic N) is 3. The van der Waals surface area contributed by atoms with Crippen LogP contribution >= 0.6 is 24.8 Å². The van der Waals surface area contributed by atoms with Gasteiger partial charge in [0.1, 0.15) is 6.54 Å². The lowest BCUT2D eigenvalue weighted by Crippen LogP contribution is -2.54. The second kappa shape index (κ2) is 12.1. The van der Waals surface area contributed by atoms with Crippen molar-refractivity contribution < 1.29 is 22.8 Å². The fourth-order valence-corrected chi connectivity index (χ4v) is 4.59. The van der Waals surface area contributed by atoms with Gasteiger partial charge >= 0.3 is 12.1 Å². The Bertz CT molecular complexity index is 1020. The number of likely N-dealkylation sites (N-methyl/N-ethyl adjacent to an activating group) is 1. The molecule has 0 aromatic heterocycles. The smallest absolute Gasteiger partial charge is 0.332 e. The summed E-state index contributed by atoms with van der Waals surface area (Å²) in [4.78, 5) is 30.2. The van der Waals surface area contributed by atoms with Gasteiger partial charge in [-0.1, -0.05) is 42.5 Å². The highest BCUT2D eigenvalue weighted by Crippen LogP contribution is 2.31. The van der Waals surface area contributed by atoms with E-state index in [1.807, 2.05) is 43.4 Å². The Hall–Kier alpha value is -2.33. The van der Waals surface area contributed by atoms with Crippen molar-refractivity contribution in [1.29, 1.82) is 0 Å². The molecule has 0 radical (unpaired) electrons. The number of halogens is 5. The molecule has 35 heavy (non-hydrogen) atoms. The molecule has 2 heterocycles. The summed E-state index contributed by atoms with van der Waals surface area (Å²) in [6.45, 7) is 2.00. The first-order valence-electron chi connectivity index (χ1n) is 11.0. The zero-order valence-corrected chi connectivity index (χ0v) is 20.9. The number of fused-ring (bicyclic) bond motifs is 1. The van der Waals surface area contributed by atoms with Crippen LogP contribution in [0.15, 0.2) is 48.5 Å². The molecule has 0 spiro atoms.